The standard InChI is InChI=1S/C31H28N10/c1-30(2,24-10-9-11-26(38-24)41-20-37-27(34-4)29(41)35-5)25-13-12-21(16-31(3)14-7-6-8-15-31)28(39-25)40-19-36-22(17-32)23(40)18-33/h9-13,19-20H,6-8,14-16H2,1-3H3. The third kappa shape index (κ3) is 4.93. The van der Waals surface area contributed by atoms with Gasteiger partial charge in [-0.2, -0.15) is 10.5 Å². The van der Waals surface area contributed by atoms with E-state index in [1.807, 2.05) is 38.1 Å². The van der Waals surface area contributed by atoms with Crippen LogP contribution in [0.3, 0.4) is 0 Å². The van der Waals surface area contributed by atoms with Gasteiger partial charge in [-0.3, -0.25) is 4.57 Å². The molecule has 0 radical (unpaired) electrons. The van der Waals surface area contributed by atoms with Crippen LogP contribution < -0.4 is 0 Å². The van der Waals surface area contributed by atoms with E-state index in [-0.39, 0.29) is 28.4 Å². The molecule has 0 unspecified atom stereocenters. The Labute approximate surface area is 239 Å². The summed E-state index contributed by atoms with van der Waals surface area (Å²) in [6, 6.07) is 13.8. The Kier molecular flexibility index (Phi) is 7.10. The van der Waals surface area contributed by atoms with E-state index < -0.39 is 5.41 Å². The van der Waals surface area contributed by atoms with Gasteiger partial charge in [-0.05, 0) is 56.2 Å². The van der Waals surface area contributed by atoms with Crippen LogP contribution in [0.15, 0.2) is 43.0 Å². The van der Waals surface area contributed by atoms with Crippen LogP contribution in [0.2, 0.25) is 0 Å². The second-order valence-corrected chi connectivity index (χ2v) is 11.3. The van der Waals surface area contributed by atoms with E-state index in [2.05, 4.69) is 38.7 Å². The molecule has 0 aromatic carbocycles. The first-order valence-electron chi connectivity index (χ1n) is 13.4. The fourth-order valence-electron chi connectivity index (χ4n) is 5.63. The number of hydrogen-bond donors (Lipinski definition) is 0. The topological polar surface area (TPSA) is 118 Å². The minimum atomic E-state index is -0.676. The van der Waals surface area contributed by atoms with Crippen LogP contribution in [0.1, 0.15) is 81.2 Å². The van der Waals surface area contributed by atoms with Crippen LogP contribution in [0.25, 0.3) is 21.3 Å². The molecule has 1 saturated carbocycles. The number of pyridine rings is 2. The maximum Gasteiger partial charge on any atom is 0.293 e. The molecule has 202 valence electrons. The number of aromatic nitrogens is 6. The molecular formula is C31H28N10. The zero-order valence-corrected chi connectivity index (χ0v) is 23.3. The first-order valence-corrected chi connectivity index (χ1v) is 13.4. The largest absolute Gasteiger partial charge is 0.373 e. The summed E-state index contributed by atoms with van der Waals surface area (Å²) in [6.07, 6.45) is 9.65. The molecule has 5 rings (SSSR count). The zero-order chi connectivity index (χ0) is 29.2. The normalized spacial score (nSPS) is 14.4. The summed E-state index contributed by atoms with van der Waals surface area (Å²) in [6.45, 7) is 21.2. The van der Waals surface area contributed by atoms with Gasteiger partial charge in [-0.15, -0.1) is 0 Å². The van der Waals surface area contributed by atoms with E-state index in [4.69, 9.17) is 23.1 Å². The van der Waals surface area contributed by atoms with Crippen molar-refractivity contribution in [2.24, 2.45) is 5.41 Å². The zero-order valence-electron chi connectivity index (χ0n) is 23.3. The van der Waals surface area contributed by atoms with Crippen molar-refractivity contribution in [2.45, 2.75) is 64.7 Å². The minimum Gasteiger partial charge on any atom is -0.373 e. The fraction of sp³-hybridized carbons (Fsp3) is 0.355. The molecule has 0 spiro atoms. The molecule has 0 aliphatic heterocycles. The highest BCUT2D eigenvalue weighted by molar-refractivity contribution is 5.64. The van der Waals surface area contributed by atoms with E-state index in [0.29, 0.717) is 17.3 Å². The Hall–Kier alpha value is -5.32. The molecule has 0 N–H and O–H groups in total. The highest BCUT2D eigenvalue weighted by Gasteiger charge is 2.32. The number of rotatable bonds is 6. The fourth-order valence-corrected chi connectivity index (χ4v) is 5.63. The van der Waals surface area contributed by atoms with E-state index in [1.165, 1.54) is 36.5 Å². The lowest BCUT2D eigenvalue weighted by Gasteiger charge is -2.34. The molecule has 1 aliphatic rings. The summed E-state index contributed by atoms with van der Waals surface area (Å²) < 4.78 is 3.14. The number of imidazole rings is 2. The van der Waals surface area contributed by atoms with Gasteiger partial charge in [0.1, 0.15) is 24.3 Å². The van der Waals surface area contributed by atoms with Crippen molar-refractivity contribution in [1.29, 1.82) is 10.5 Å². The number of nitriles is 2. The first-order chi connectivity index (χ1) is 19.7. The average molecular weight is 541 g/mol. The van der Waals surface area contributed by atoms with Crippen molar-refractivity contribution < 1.29 is 0 Å². The molecule has 4 aromatic rings. The first kappa shape index (κ1) is 27.3. The van der Waals surface area contributed by atoms with Crippen molar-refractivity contribution in [2.75, 3.05) is 0 Å². The van der Waals surface area contributed by atoms with Crippen LogP contribution in [0, 0.1) is 41.2 Å². The second-order valence-electron chi connectivity index (χ2n) is 11.3. The summed E-state index contributed by atoms with van der Waals surface area (Å²) in [5.74, 6) is 1.22. The van der Waals surface area contributed by atoms with Crippen molar-refractivity contribution >= 4 is 11.6 Å². The summed E-state index contributed by atoms with van der Waals surface area (Å²) in [4.78, 5) is 25.0. The monoisotopic (exact) mass is 540 g/mol. The summed E-state index contributed by atoms with van der Waals surface area (Å²) >= 11 is 0. The Morgan fingerprint density at radius 2 is 1.66 bits per heavy atom. The Morgan fingerprint density at radius 3 is 2.34 bits per heavy atom. The molecule has 10 nitrogen and oxygen atoms in total. The number of hydrogen-bond acceptors (Lipinski definition) is 6. The van der Waals surface area contributed by atoms with Gasteiger partial charge in [0.2, 0.25) is 5.82 Å². The maximum absolute atomic E-state index is 9.91. The minimum absolute atomic E-state index is 0.0328. The van der Waals surface area contributed by atoms with Crippen LogP contribution in [-0.2, 0) is 11.8 Å². The molecule has 41 heavy (non-hydrogen) atoms. The van der Waals surface area contributed by atoms with Crippen molar-refractivity contribution in [3.8, 4) is 23.8 Å². The molecule has 1 aliphatic carbocycles. The second kappa shape index (κ2) is 10.7. The van der Waals surface area contributed by atoms with Gasteiger partial charge >= 0.3 is 0 Å². The van der Waals surface area contributed by atoms with Gasteiger partial charge in [-0.1, -0.05) is 56.4 Å². The molecule has 4 heterocycles. The highest BCUT2D eigenvalue weighted by atomic mass is 15.2. The third-order valence-electron chi connectivity index (χ3n) is 8.04. The Balaban J connectivity index is 1.62. The predicted octanol–water partition coefficient (Wildman–Crippen LogP) is 6.53. The summed E-state index contributed by atoms with van der Waals surface area (Å²) in [5, 5.41) is 19.4. The quantitative estimate of drug-likeness (QED) is 0.257. The smallest absolute Gasteiger partial charge is 0.293 e. The van der Waals surface area contributed by atoms with Gasteiger partial charge < -0.3 is 9.69 Å². The van der Waals surface area contributed by atoms with Gasteiger partial charge in [0.15, 0.2) is 11.4 Å². The van der Waals surface area contributed by atoms with Gasteiger partial charge in [-0.25, -0.2) is 19.5 Å². The van der Waals surface area contributed by atoms with E-state index >= 15 is 0 Å². The average Bonchev–Trinajstić information content (AvgIpc) is 3.61. The molecule has 10 heteroatoms. The Bertz CT molecular complexity index is 1790. The molecule has 1 fully saturated rings. The van der Waals surface area contributed by atoms with Crippen LogP contribution in [-0.4, -0.2) is 29.1 Å². The van der Waals surface area contributed by atoms with Crippen LogP contribution >= 0.6 is 0 Å². The molecule has 4 aromatic heterocycles. The SMILES string of the molecule is [C-]#[N+]c1ncn(-c2cccc(C(C)(C)c3ccc(CC4(C)CCCCC4)c(-n4cnc(C#N)c4C#N)n3)n2)c1[N+]#[C-]. The maximum atomic E-state index is 9.91. The predicted molar refractivity (Wildman–Crippen MR) is 152 cm³/mol. The lowest BCUT2D eigenvalue weighted by Crippen LogP contribution is -2.26. The van der Waals surface area contributed by atoms with E-state index in [0.717, 1.165) is 30.5 Å². The summed E-state index contributed by atoms with van der Waals surface area (Å²) in [7, 11) is 0. The highest BCUT2D eigenvalue weighted by Crippen LogP contribution is 2.40. The molecular weight excluding hydrogens is 512 g/mol. The van der Waals surface area contributed by atoms with Crippen molar-refractivity contribution in [3.63, 3.8) is 0 Å². The van der Waals surface area contributed by atoms with Crippen molar-refractivity contribution in [1.82, 2.24) is 29.1 Å². The number of nitrogens with zero attached hydrogens (tertiary/aromatic N) is 10. The van der Waals surface area contributed by atoms with Crippen molar-refractivity contribution in [3.05, 3.63) is 94.2 Å². The van der Waals surface area contributed by atoms with E-state index in [1.54, 1.807) is 10.6 Å². The summed E-state index contributed by atoms with van der Waals surface area (Å²) in [5.41, 5.74) is 2.11. The Morgan fingerprint density at radius 1 is 0.927 bits per heavy atom. The van der Waals surface area contributed by atoms with Gasteiger partial charge in [0.05, 0.1) is 11.4 Å². The lowest BCUT2D eigenvalue weighted by molar-refractivity contribution is 0.214. The lowest BCUT2D eigenvalue weighted by atomic mass is 9.72. The third-order valence-corrected chi connectivity index (χ3v) is 8.04. The molecule has 0 saturated heterocycles. The van der Waals surface area contributed by atoms with Crippen LogP contribution in [0.4, 0.5) is 11.6 Å². The van der Waals surface area contributed by atoms with Gasteiger partial charge in [0, 0.05) is 11.5 Å². The van der Waals surface area contributed by atoms with E-state index in [9.17, 15) is 10.5 Å². The van der Waals surface area contributed by atoms with Gasteiger partial charge in [0.25, 0.3) is 18.0 Å². The molecule has 0 amide bonds. The van der Waals surface area contributed by atoms with Crippen LogP contribution in [0.5, 0.6) is 0 Å². The molecule has 0 atom stereocenters. The molecule has 0 bridgehead atoms.